The average Bonchev–Trinajstić information content (AvgIpc) is 2.29. The van der Waals surface area contributed by atoms with Gasteiger partial charge in [0.25, 0.3) is 0 Å². The quantitative estimate of drug-likeness (QED) is 0.758. The van der Waals surface area contributed by atoms with Gasteiger partial charge in [0.1, 0.15) is 5.75 Å². The molecule has 0 amide bonds. The molecule has 0 aromatic heterocycles. The van der Waals surface area contributed by atoms with Crippen molar-refractivity contribution in [1.29, 1.82) is 0 Å². The van der Waals surface area contributed by atoms with Gasteiger partial charge >= 0.3 is 5.97 Å². The Labute approximate surface area is 114 Å². The van der Waals surface area contributed by atoms with Crippen LogP contribution in [0.3, 0.4) is 0 Å². The van der Waals surface area contributed by atoms with E-state index < -0.39 is 5.97 Å². The Hall–Kier alpha value is -1.55. The highest BCUT2D eigenvalue weighted by Crippen LogP contribution is 2.13. The predicted molar refractivity (Wildman–Crippen MR) is 75.3 cm³/mol. The smallest absolute Gasteiger partial charge is 0.303 e. The summed E-state index contributed by atoms with van der Waals surface area (Å²) in [5.41, 5.74) is 1.17. The molecule has 0 saturated carbocycles. The van der Waals surface area contributed by atoms with E-state index in [1.54, 1.807) is 0 Å². The number of rotatable bonds is 8. The Morgan fingerprint density at radius 2 is 1.89 bits per heavy atom. The highest BCUT2D eigenvalue weighted by Gasteiger charge is 2.06. The van der Waals surface area contributed by atoms with E-state index in [0.717, 1.165) is 12.3 Å². The van der Waals surface area contributed by atoms with E-state index in [-0.39, 0.29) is 18.4 Å². The second-order valence-corrected chi connectivity index (χ2v) is 5.14. The van der Waals surface area contributed by atoms with Gasteiger partial charge in [-0.3, -0.25) is 4.79 Å². The van der Waals surface area contributed by atoms with Crippen LogP contribution >= 0.6 is 0 Å². The number of benzene rings is 1. The van der Waals surface area contributed by atoms with Crippen LogP contribution in [0.25, 0.3) is 0 Å². The van der Waals surface area contributed by atoms with Crippen LogP contribution in [0.5, 0.6) is 5.75 Å². The number of ether oxygens (including phenoxy) is 1. The summed E-state index contributed by atoms with van der Waals surface area (Å²) in [7, 11) is 0. The molecule has 0 bridgehead atoms. The molecule has 1 atom stereocenters. The van der Waals surface area contributed by atoms with Crippen molar-refractivity contribution in [2.75, 3.05) is 6.54 Å². The maximum atomic E-state index is 10.5. The zero-order valence-electron chi connectivity index (χ0n) is 11.8. The van der Waals surface area contributed by atoms with Gasteiger partial charge in [0.2, 0.25) is 0 Å². The van der Waals surface area contributed by atoms with Crippen molar-refractivity contribution in [3.8, 4) is 5.75 Å². The van der Waals surface area contributed by atoms with Gasteiger partial charge in [-0.05, 0) is 44.0 Å². The lowest BCUT2D eigenvalue weighted by Gasteiger charge is -2.12. The Balaban J connectivity index is 2.31. The Kier molecular flexibility index (Phi) is 6.36. The maximum Gasteiger partial charge on any atom is 0.303 e. The first-order valence-corrected chi connectivity index (χ1v) is 6.65. The monoisotopic (exact) mass is 265 g/mol. The van der Waals surface area contributed by atoms with Crippen LogP contribution in [-0.2, 0) is 11.3 Å². The second kappa shape index (κ2) is 7.79. The van der Waals surface area contributed by atoms with E-state index >= 15 is 0 Å². The SMILES string of the molecule is CC(CNCc1ccc(OC(C)C)cc1)CC(=O)O. The van der Waals surface area contributed by atoms with Crippen molar-refractivity contribution in [2.24, 2.45) is 5.92 Å². The van der Waals surface area contributed by atoms with Crippen LogP contribution in [0.2, 0.25) is 0 Å². The maximum absolute atomic E-state index is 10.5. The van der Waals surface area contributed by atoms with Crippen molar-refractivity contribution in [3.05, 3.63) is 29.8 Å². The number of carbonyl (C=O) groups is 1. The van der Waals surface area contributed by atoms with Gasteiger partial charge < -0.3 is 15.2 Å². The zero-order valence-corrected chi connectivity index (χ0v) is 11.8. The topological polar surface area (TPSA) is 58.6 Å². The largest absolute Gasteiger partial charge is 0.491 e. The molecule has 19 heavy (non-hydrogen) atoms. The third kappa shape index (κ3) is 6.82. The molecule has 1 aromatic rings. The molecule has 0 aliphatic carbocycles. The molecule has 1 aromatic carbocycles. The fourth-order valence-electron chi connectivity index (χ4n) is 1.79. The van der Waals surface area contributed by atoms with Crippen molar-refractivity contribution in [2.45, 2.75) is 39.8 Å². The van der Waals surface area contributed by atoms with Gasteiger partial charge in [-0.15, -0.1) is 0 Å². The van der Waals surface area contributed by atoms with Gasteiger partial charge in [0.05, 0.1) is 6.10 Å². The van der Waals surface area contributed by atoms with Crippen molar-refractivity contribution < 1.29 is 14.6 Å². The molecule has 1 unspecified atom stereocenters. The van der Waals surface area contributed by atoms with Gasteiger partial charge in [-0.25, -0.2) is 0 Å². The minimum absolute atomic E-state index is 0.140. The molecule has 0 aliphatic heterocycles. The van der Waals surface area contributed by atoms with Gasteiger partial charge in [0, 0.05) is 13.0 Å². The molecule has 0 spiro atoms. The molecule has 106 valence electrons. The van der Waals surface area contributed by atoms with E-state index in [1.165, 1.54) is 5.56 Å². The highest BCUT2D eigenvalue weighted by molar-refractivity contribution is 5.66. The average molecular weight is 265 g/mol. The third-order valence-corrected chi connectivity index (χ3v) is 2.64. The number of hydrogen-bond donors (Lipinski definition) is 2. The fourth-order valence-corrected chi connectivity index (χ4v) is 1.79. The van der Waals surface area contributed by atoms with E-state index in [2.05, 4.69) is 5.32 Å². The molecular formula is C15H23NO3. The van der Waals surface area contributed by atoms with Crippen LogP contribution in [0.1, 0.15) is 32.8 Å². The number of hydrogen-bond acceptors (Lipinski definition) is 3. The summed E-state index contributed by atoms with van der Waals surface area (Å²) in [6.45, 7) is 7.38. The summed E-state index contributed by atoms with van der Waals surface area (Å²) >= 11 is 0. The number of carboxylic acids is 1. The minimum atomic E-state index is -0.746. The van der Waals surface area contributed by atoms with E-state index in [1.807, 2.05) is 45.0 Å². The molecule has 4 heteroatoms. The van der Waals surface area contributed by atoms with Crippen LogP contribution in [0.4, 0.5) is 0 Å². The lowest BCUT2D eigenvalue weighted by Crippen LogP contribution is -2.22. The third-order valence-electron chi connectivity index (χ3n) is 2.64. The molecule has 0 aliphatic rings. The standard InChI is InChI=1S/C15H23NO3/c1-11(2)19-14-6-4-13(5-7-14)10-16-9-12(3)8-15(17)18/h4-7,11-12,16H,8-10H2,1-3H3,(H,17,18). The molecule has 0 radical (unpaired) electrons. The van der Waals surface area contributed by atoms with Crippen LogP contribution < -0.4 is 10.1 Å². The first-order valence-electron chi connectivity index (χ1n) is 6.65. The summed E-state index contributed by atoms with van der Waals surface area (Å²) in [6.07, 6.45) is 0.384. The number of nitrogens with one attached hydrogen (secondary N) is 1. The van der Waals surface area contributed by atoms with Crippen LogP contribution in [-0.4, -0.2) is 23.7 Å². The molecule has 0 heterocycles. The summed E-state index contributed by atoms with van der Waals surface area (Å²) in [6, 6.07) is 7.95. The molecule has 0 saturated heterocycles. The van der Waals surface area contributed by atoms with Crippen molar-refractivity contribution in [1.82, 2.24) is 5.32 Å². The molecule has 1 rings (SSSR count). The van der Waals surface area contributed by atoms with E-state index in [9.17, 15) is 4.79 Å². The summed E-state index contributed by atoms with van der Waals surface area (Å²) in [5, 5.41) is 11.9. The predicted octanol–water partition coefficient (Wildman–Crippen LogP) is 2.67. The first kappa shape index (κ1) is 15.5. The van der Waals surface area contributed by atoms with Gasteiger partial charge in [-0.2, -0.15) is 0 Å². The molecule has 2 N–H and O–H groups in total. The lowest BCUT2D eigenvalue weighted by molar-refractivity contribution is -0.137. The zero-order chi connectivity index (χ0) is 14.3. The van der Waals surface area contributed by atoms with Crippen LogP contribution in [0.15, 0.2) is 24.3 Å². The molecule has 4 nitrogen and oxygen atoms in total. The minimum Gasteiger partial charge on any atom is -0.491 e. The van der Waals surface area contributed by atoms with Gasteiger partial charge in [0.15, 0.2) is 0 Å². The van der Waals surface area contributed by atoms with E-state index in [4.69, 9.17) is 9.84 Å². The molecule has 0 fully saturated rings. The normalized spacial score (nSPS) is 12.4. The van der Waals surface area contributed by atoms with Crippen molar-refractivity contribution in [3.63, 3.8) is 0 Å². The summed E-state index contributed by atoms with van der Waals surface area (Å²) in [5.74, 6) is 0.267. The number of carboxylic acid groups (broad SMARTS) is 1. The Morgan fingerprint density at radius 1 is 1.26 bits per heavy atom. The second-order valence-electron chi connectivity index (χ2n) is 5.14. The first-order chi connectivity index (χ1) is 8.97. The van der Waals surface area contributed by atoms with Gasteiger partial charge in [-0.1, -0.05) is 19.1 Å². The van der Waals surface area contributed by atoms with Crippen molar-refractivity contribution >= 4 is 5.97 Å². The molecular weight excluding hydrogens is 242 g/mol. The number of aliphatic carboxylic acids is 1. The Morgan fingerprint density at radius 3 is 2.42 bits per heavy atom. The van der Waals surface area contributed by atoms with E-state index in [0.29, 0.717) is 6.54 Å². The Bertz CT molecular complexity index is 387. The lowest BCUT2D eigenvalue weighted by atomic mass is 10.1. The highest BCUT2D eigenvalue weighted by atomic mass is 16.5. The summed E-state index contributed by atoms with van der Waals surface area (Å²) in [4.78, 5) is 10.5. The fraction of sp³-hybridized carbons (Fsp3) is 0.533. The summed E-state index contributed by atoms with van der Waals surface area (Å²) < 4.78 is 5.57. The van der Waals surface area contributed by atoms with Crippen LogP contribution in [0, 0.1) is 5.92 Å².